The average molecular weight is 461 g/mol. The van der Waals surface area contributed by atoms with Gasteiger partial charge >= 0.3 is 5.97 Å². The second-order valence-corrected chi connectivity index (χ2v) is 7.98. The number of carbonyl (C=O) groups excluding carboxylic acids is 3. The van der Waals surface area contributed by atoms with Crippen LogP contribution >= 0.6 is 0 Å². The van der Waals surface area contributed by atoms with Crippen LogP contribution in [0.25, 0.3) is 0 Å². The zero-order valence-corrected chi connectivity index (χ0v) is 19.1. The molecule has 3 rings (SSSR count). The van der Waals surface area contributed by atoms with Gasteiger partial charge in [-0.3, -0.25) is 19.8 Å². The van der Waals surface area contributed by atoms with Gasteiger partial charge in [-0.15, -0.1) is 6.42 Å². The maximum atomic E-state index is 13.1. The van der Waals surface area contributed by atoms with Crippen molar-refractivity contribution >= 4 is 23.6 Å². The van der Waals surface area contributed by atoms with Crippen molar-refractivity contribution in [3.63, 3.8) is 0 Å². The van der Waals surface area contributed by atoms with Crippen LogP contribution in [0.1, 0.15) is 69.6 Å². The lowest BCUT2D eigenvalue weighted by Gasteiger charge is -2.20. The maximum Gasteiger partial charge on any atom is 0.308 e. The Bertz CT molecular complexity index is 1150. The number of nitrogens with two attached hydrogens (primary N) is 1. The van der Waals surface area contributed by atoms with Crippen LogP contribution in [0.2, 0.25) is 0 Å². The molecule has 2 aromatic carbocycles. The molecular formula is C26H28N4O4. The third kappa shape index (κ3) is 5.81. The first-order valence-electron chi connectivity index (χ1n) is 11.1. The number of esters is 1. The number of carbonyl (C=O) groups is 3. The fraction of sp³-hybridized carbons (Fsp3) is 0.308. The van der Waals surface area contributed by atoms with Gasteiger partial charge in [-0.05, 0) is 49.6 Å². The normalized spacial score (nSPS) is 13.6. The lowest BCUT2D eigenvalue weighted by atomic mass is 9.99. The van der Waals surface area contributed by atoms with Crippen molar-refractivity contribution in [2.75, 3.05) is 19.7 Å². The molecule has 1 atom stereocenters. The summed E-state index contributed by atoms with van der Waals surface area (Å²) < 4.78 is 5.06. The molecule has 1 aliphatic heterocycles. The van der Waals surface area contributed by atoms with E-state index in [1.165, 1.54) is 6.07 Å². The molecule has 0 aromatic heterocycles. The average Bonchev–Trinajstić information content (AvgIpc) is 3.38. The first kappa shape index (κ1) is 24.5. The summed E-state index contributed by atoms with van der Waals surface area (Å²) >= 11 is 0. The van der Waals surface area contributed by atoms with Crippen LogP contribution in [-0.2, 0) is 9.53 Å². The Kier molecular flexibility index (Phi) is 8.04. The molecule has 1 heterocycles. The number of nitrogens with one attached hydrogen (secondary N) is 2. The minimum atomic E-state index is -0.717. The molecule has 1 saturated heterocycles. The third-order valence-electron chi connectivity index (χ3n) is 5.64. The third-order valence-corrected chi connectivity index (χ3v) is 5.64. The van der Waals surface area contributed by atoms with Crippen LogP contribution in [0.4, 0.5) is 0 Å². The summed E-state index contributed by atoms with van der Waals surface area (Å²) in [5.41, 5.74) is 7.66. The molecule has 0 saturated carbocycles. The van der Waals surface area contributed by atoms with Gasteiger partial charge in [0.2, 0.25) is 0 Å². The quantitative estimate of drug-likeness (QED) is 0.242. The minimum Gasteiger partial charge on any atom is -0.466 e. The molecular weight excluding hydrogens is 432 g/mol. The Morgan fingerprint density at radius 1 is 1.18 bits per heavy atom. The number of nitrogens with zero attached hydrogens (tertiary/aromatic N) is 1. The smallest absolute Gasteiger partial charge is 0.308 e. The van der Waals surface area contributed by atoms with Gasteiger partial charge in [-0.25, -0.2) is 0 Å². The number of amidine groups is 1. The summed E-state index contributed by atoms with van der Waals surface area (Å²) in [6.45, 7) is 3.30. The first-order valence-corrected chi connectivity index (χ1v) is 11.1. The Labute approximate surface area is 199 Å². The van der Waals surface area contributed by atoms with E-state index >= 15 is 0 Å². The highest BCUT2D eigenvalue weighted by molar-refractivity contribution is 6.00. The molecule has 0 bridgehead atoms. The second-order valence-electron chi connectivity index (χ2n) is 7.98. The molecule has 1 fully saturated rings. The number of benzene rings is 2. The predicted octanol–water partition coefficient (Wildman–Crippen LogP) is 2.61. The fourth-order valence-electron chi connectivity index (χ4n) is 3.89. The molecule has 1 aliphatic rings. The van der Waals surface area contributed by atoms with Crippen molar-refractivity contribution in [3.8, 4) is 12.3 Å². The van der Waals surface area contributed by atoms with E-state index in [1.807, 2.05) is 0 Å². The zero-order valence-electron chi connectivity index (χ0n) is 19.1. The van der Waals surface area contributed by atoms with Gasteiger partial charge in [0, 0.05) is 29.8 Å². The summed E-state index contributed by atoms with van der Waals surface area (Å²) in [7, 11) is 0. The Morgan fingerprint density at radius 2 is 1.91 bits per heavy atom. The van der Waals surface area contributed by atoms with Gasteiger partial charge in [-0.2, -0.15) is 0 Å². The number of hydrogen-bond donors (Lipinski definition) is 3. The molecule has 0 aliphatic carbocycles. The van der Waals surface area contributed by atoms with E-state index in [-0.39, 0.29) is 30.3 Å². The van der Waals surface area contributed by atoms with Gasteiger partial charge in [0.05, 0.1) is 24.6 Å². The lowest BCUT2D eigenvalue weighted by molar-refractivity contribution is -0.143. The number of hydrogen-bond acceptors (Lipinski definition) is 5. The largest absolute Gasteiger partial charge is 0.466 e. The predicted molar refractivity (Wildman–Crippen MR) is 128 cm³/mol. The highest BCUT2D eigenvalue weighted by Gasteiger charge is 2.24. The molecule has 34 heavy (non-hydrogen) atoms. The van der Waals surface area contributed by atoms with Crippen molar-refractivity contribution < 1.29 is 19.1 Å². The molecule has 0 radical (unpaired) electrons. The monoisotopic (exact) mass is 460 g/mol. The number of likely N-dealkylation sites (tertiary alicyclic amines) is 1. The number of ether oxygens (including phenoxy) is 1. The van der Waals surface area contributed by atoms with Crippen LogP contribution in [0, 0.1) is 17.8 Å². The number of nitrogen functional groups attached to an aromatic ring is 1. The lowest BCUT2D eigenvalue weighted by Crippen LogP contribution is -2.31. The Morgan fingerprint density at radius 3 is 2.56 bits per heavy atom. The second kappa shape index (κ2) is 11.1. The van der Waals surface area contributed by atoms with E-state index in [0.717, 1.165) is 12.8 Å². The summed E-state index contributed by atoms with van der Waals surface area (Å²) in [5, 5.41) is 10.5. The van der Waals surface area contributed by atoms with Crippen molar-refractivity contribution in [2.45, 2.75) is 32.2 Å². The summed E-state index contributed by atoms with van der Waals surface area (Å²) in [4.78, 5) is 39.8. The Balaban J connectivity index is 1.86. The molecule has 8 heteroatoms. The van der Waals surface area contributed by atoms with Gasteiger partial charge in [0.1, 0.15) is 5.84 Å². The highest BCUT2D eigenvalue weighted by atomic mass is 16.5. The Hall–Kier alpha value is -4.12. The maximum absolute atomic E-state index is 13.1. The van der Waals surface area contributed by atoms with Gasteiger partial charge in [0.25, 0.3) is 11.8 Å². The molecule has 8 nitrogen and oxygen atoms in total. The van der Waals surface area contributed by atoms with E-state index in [0.29, 0.717) is 35.3 Å². The van der Waals surface area contributed by atoms with E-state index in [2.05, 4.69) is 11.2 Å². The van der Waals surface area contributed by atoms with Crippen LogP contribution < -0.4 is 11.1 Å². The van der Waals surface area contributed by atoms with Crippen molar-refractivity contribution in [3.05, 3.63) is 70.3 Å². The summed E-state index contributed by atoms with van der Waals surface area (Å²) in [6, 6.07) is 10.7. The number of rotatable bonds is 8. The molecule has 2 amide bonds. The highest BCUT2D eigenvalue weighted by Crippen LogP contribution is 2.22. The van der Waals surface area contributed by atoms with Crippen LogP contribution in [0.15, 0.2) is 42.5 Å². The van der Waals surface area contributed by atoms with Crippen LogP contribution in [0.3, 0.4) is 0 Å². The number of amides is 2. The number of terminal acetylenes is 1. The van der Waals surface area contributed by atoms with Gasteiger partial charge in [-0.1, -0.05) is 24.1 Å². The summed E-state index contributed by atoms with van der Waals surface area (Å²) in [6.07, 6.45) is 7.47. The topological polar surface area (TPSA) is 126 Å². The van der Waals surface area contributed by atoms with E-state index < -0.39 is 17.9 Å². The fourth-order valence-corrected chi connectivity index (χ4v) is 3.89. The van der Waals surface area contributed by atoms with E-state index in [9.17, 15) is 14.4 Å². The zero-order chi connectivity index (χ0) is 24.7. The van der Waals surface area contributed by atoms with Crippen LogP contribution in [-0.4, -0.2) is 48.2 Å². The molecule has 2 aromatic rings. The van der Waals surface area contributed by atoms with Crippen molar-refractivity contribution in [2.24, 2.45) is 5.73 Å². The molecule has 4 N–H and O–H groups in total. The van der Waals surface area contributed by atoms with Crippen molar-refractivity contribution in [1.82, 2.24) is 10.2 Å². The van der Waals surface area contributed by atoms with E-state index in [4.69, 9.17) is 22.3 Å². The standard InChI is InChI=1S/C26H28N4O4/c1-3-17-14-20(10-11-21(17)26(33)30-12-5-6-13-30)25(32)29-22(16-23(31)34-4-2)18-8-7-9-19(15-18)24(27)28/h1,7-11,14-15,22H,4-6,12-13,16H2,2H3,(H3,27,28)(H,29,32). The molecule has 0 spiro atoms. The SMILES string of the molecule is C#Cc1cc(C(=O)NC(CC(=O)OCC)c2cccc(C(=N)N)c2)ccc1C(=O)N1CCCC1. The molecule has 176 valence electrons. The summed E-state index contributed by atoms with van der Waals surface area (Å²) in [5.74, 6) is 1.31. The first-order chi connectivity index (χ1) is 16.3. The van der Waals surface area contributed by atoms with Crippen LogP contribution in [0.5, 0.6) is 0 Å². The minimum absolute atomic E-state index is 0.103. The molecule has 1 unspecified atom stereocenters. The van der Waals surface area contributed by atoms with E-state index in [1.54, 1.807) is 48.2 Å². The van der Waals surface area contributed by atoms with Gasteiger partial charge in [0.15, 0.2) is 0 Å². The van der Waals surface area contributed by atoms with Gasteiger partial charge < -0.3 is 20.7 Å². The van der Waals surface area contributed by atoms with Crippen molar-refractivity contribution in [1.29, 1.82) is 5.41 Å².